The molecule has 2 aliphatic heterocycles. The molecule has 1 aromatic heterocycles. The van der Waals surface area contributed by atoms with Gasteiger partial charge in [-0.1, -0.05) is 15.9 Å². The highest BCUT2D eigenvalue weighted by Gasteiger charge is 2.41. The van der Waals surface area contributed by atoms with Crippen LogP contribution in [0.1, 0.15) is 35.6 Å². The number of fused-ring (bicyclic) bond motifs is 3. The minimum atomic E-state index is -0.304. The van der Waals surface area contributed by atoms with Gasteiger partial charge in [-0.2, -0.15) is 5.10 Å². The quantitative estimate of drug-likeness (QED) is 0.572. The van der Waals surface area contributed by atoms with Crippen LogP contribution in [0, 0.1) is 0 Å². The molecule has 0 spiro atoms. The number of ether oxygens (including phenoxy) is 2. The second-order valence-electron chi connectivity index (χ2n) is 6.55. The molecule has 3 aromatic rings. The van der Waals surface area contributed by atoms with Gasteiger partial charge in [0, 0.05) is 22.0 Å². The third-order valence-corrected chi connectivity index (χ3v) is 5.45. The predicted molar refractivity (Wildman–Crippen MR) is 105 cm³/mol. The van der Waals surface area contributed by atoms with Crippen molar-refractivity contribution in [2.75, 3.05) is 7.11 Å². The number of methoxy groups -OCH3 is 1. The number of hydrogen-bond acceptors (Lipinski definition) is 5. The molecule has 6 heteroatoms. The standard InChI is InChI=1S/C21H17BrN2O3/c1-25-15-7-4-13(5-8-15)21-24-18(12-17(23-24)20-3-2-10-26-20)16-11-14(22)6-9-19(16)27-21/h2-11,18,21H,12H2,1H3/t18-,21-/m0/s1. The zero-order chi connectivity index (χ0) is 18.4. The lowest BCUT2D eigenvalue weighted by Crippen LogP contribution is -2.33. The van der Waals surface area contributed by atoms with Crippen molar-refractivity contribution < 1.29 is 13.9 Å². The molecular weight excluding hydrogens is 408 g/mol. The Morgan fingerprint density at radius 1 is 1.15 bits per heavy atom. The molecule has 0 saturated carbocycles. The van der Waals surface area contributed by atoms with E-state index >= 15 is 0 Å². The monoisotopic (exact) mass is 424 g/mol. The van der Waals surface area contributed by atoms with E-state index in [0.29, 0.717) is 0 Å². The van der Waals surface area contributed by atoms with E-state index in [1.165, 1.54) is 0 Å². The van der Waals surface area contributed by atoms with Gasteiger partial charge in [-0.25, -0.2) is 5.01 Å². The average molecular weight is 425 g/mol. The number of furan rings is 1. The largest absolute Gasteiger partial charge is 0.497 e. The van der Waals surface area contributed by atoms with E-state index in [1.807, 2.05) is 53.5 Å². The maximum atomic E-state index is 6.35. The Labute approximate surface area is 165 Å². The fourth-order valence-corrected chi connectivity index (χ4v) is 4.02. The molecule has 0 saturated heterocycles. The SMILES string of the molecule is COc1ccc([C@@H]2Oc3ccc(Br)cc3[C@@H]3CC(c4ccco4)=NN32)cc1. The van der Waals surface area contributed by atoms with Crippen molar-refractivity contribution in [3.8, 4) is 11.5 Å². The first kappa shape index (κ1) is 16.4. The zero-order valence-electron chi connectivity index (χ0n) is 14.6. The molecule has 136 valence electrons. The van der Waals surface area contributed by atoms with E-state index in [1.54, 1.807) is 13.4 Å². The molecule has 0 bridgehead atoms. The zero-order valence-corrected chi connectivity index (χ0v) is 16.2. The topological polar surface area (TPSA) is 47.2 Å². The lowest BCUT2D eigenvalue weighted by atomic mass is 9.97. The smallest absolute Gasteiger partial charge is 0.213 e. The predicted octanol–water partition coefficient (Wildman–Crippen LogP) is 5.29. The highest BCUT2D eigenvalue weighted by atomic mass is 79.9. The molecule has 2 atom stereocenters. The summed E-state index contributed by atoms with van der Waals surface area (Å²) in [7, 11) is 1.66. The first-order chi connectivity index (χ1) is 13.2. The van der Waals surface area contributed by atoms with Crippen LogP contribution in [-0.4, -0.2) is 17.8 Å². The Kier molecular flexibility index (Phi) is 3.93. The fraction of sp³-hybridized carbons (Fsp3) is 0.190. The van der Waals surface area contributed by atoms with Crippen LogP contribution in [0.15, 0.2) is 74.9 Å². The van der Waals surface area contributed by atoms with E-state index in [-0.39, 0.29) is 12.3 Å². The van der Waals surface area contributed by atoms with Crippen LogP contribution in [0.2, 0.25) is 0 Å². The van der Waals surface area contributed by atoms with E-state index in [2.05, 4.69) is 22.0 Å². The van der Waals surface area contributed by atoms with E-state index in [9.17, 15) is 0 Å². The summed E-state index contributed by atoms with van der Waals surface area (Å²) in [5, 5.41) is 6.90. The van der Waals surface area contributed by atoms with Crippen LogP contribution in [0.5, 0.6) is 11.5 Å². The molecule has 0 aliphatic carbocycles. The van der Waals surface area contributed by atoms with Crippen LogP contribution in [0.25, 0.3) is 0 Å². The lowest BCUT2D eigenvalue weighted by Gasteiger charge is -2.38. The van der Waals surface area contributed by atoms with Crippen molar-refractivity contribution in [1.29, 1.82) is 0 Å². The molecule has 2 aromatic carbocycles. The van der Waals surface area contributed by atoms with E-state index < -0.39 is 0 Å². The molecule has 27 heavy (non-hydrogen) atoms. The Hall–Kier alpha value is -2.73. The van der Waals surface area contributed by atoms with Gasteiger partial charge in [0.1, 0.15) is 23.0 Å². The molecule has 0 N–H and O–H groups in total. The first-order valence-corrected chi connectivity index (χ1v) is 9.52. The highest BCUT2D eigenvalue weighted by molar-refractivity contribution is 9.10. The molecule has 0 unspecified atom stereocenters. The fourth-order valence-electron chi connectivity index (χ4n) is 3.64. The molecule has 5 rings (SSSR count). The Bertz CT molecular complexity index is 999. The molecule has 0 radical (unpaired) electrons. The maximum Gasteiger partial charge on any atom is 0.213 e. The van der Waals surface area contributed by atoms with Gasteiger partial charge < -0.3 is 13.9 Å². The average Bonchev–Trinajstić information content (AvgIpc) is 3.37. The van der Waals surface area contributed by atoms with Crippen molar-refractivity contribution in [3.05, 3.63) is 82.2 Å². The summed E-state index contributed by atoms with van der Waals surface area (Å²) in [6.45, 7) is 0. The highest BCUT2D eigenvalue weighted by Crippen LogP contribution is 2.48. The first-order valence-electron chi connectivity index (χ1n) is 8.72. The van der Waals surface area contributed by atoms with Crippen molar-refractivity contribution >= 4 is 21.6 Å². The summed E-state index contributed by atoms with van der Waals surface area (Å²) in [5.74, 6) is 2.50. The minimum Gasteiger partial charge on any atom is -0.497 e. The van der Waals surface area contributed by atoms with Gasteiger partial charge in [0.25, 0.3) is 0 Å². The normalized spacial score (nSPS) is 20.5. The van der Waals surface area contributed by atoms with Crippen LogP contribution < -0.4 is 9.47 Å². The van der Waals surface area contributed by atoms with Crippen molar-refractivity contribution in [2.45, 2.75) is 18.7 Å². The number of halogens is 1. The van der Waals surface area contributed by atoms with Gasteiger partial charge >= 0.3 is 0 Å². The van der Waals surface area contributed by atoms with Gasteiger partial charge in [0.15, 0.2) is 0 Å². The van der Waals surface area contributed by atoms with Crippen molar-refractivity contribution in [3.63, 3.8) is 0 Å². The second-order valence-corrected chi connectivity index (χ2v) is 7.47. The third kappa shape index (κ3) is 2.80. The van der Waals surface area contributed by atoms with Gasteiger partial charge in [0.05, 0.1) is 19.4 Å². The molecular formula is C21H17BrN2O3. The molecule has 0 amide bonds. The number of rotatable bonds is 3. The molecule has 5 nitrogen and oxygen atoms in total. The van der Waals surface area contributed by atoms with Crippen LogP contribution in [0.3, 0.4) is 0 Å². The third-order valence-electron chi connectivity index (χ3n) is 4.96. The maximum absolute atomic E-state index is 6.35. The summed E-state index contributed by atoms with van der Waals surface area (Å²) >= 11 is 3.57. The summed E-state index contributed by atoms with van der Waals surface area (Å²) in [6, 6.07) is 18.0. The number of hydrogen-bond donors (Lipinski definition) is 0. The van der Waals surface area contributed by atoms with E-state index in [4.69, 9.17) is 19.0 Å². The van der Waals surface area contributed by atoms with Crippen LogP contribution >= 0.6 is 15.9 Å². The van der Waals surface area contributed by atoms with Crippen molar-refractivity contribution in [2.24, 2.45) is 5.10 Å². The lowest BCUT2D eigenvalue weighted by molar-refractivity contribution is -0.0191. The molecule has 0 fully saturated rings. The van der Waals surface area contributed by atoms with Gasteiger partial charge in [0.2, 0.25) is 6.23 Å². The minimum absolute atomic E-state index is 0.0958. The van der Waals surface area contributed by atoms with Gasteiger partial charge in [-0.15, -0.1) is 0 Å². The second kappa shape index (κ2) is 6.46. The van der Waals surface area contributed by atoms with Gasteiger partial charge in [-0.05, 0) is 54.6 Å². The number of nitrogens with zero attached hydrogens (tertiary/aromatic N) is 2. The van der Waals surface area contributed by atoms with Crippen LogP contribution in [-0.2, 0) is 0 Å². The number of hydrazone groups is 1. The van der Waals surface area contributed by atoms with Crippen molar-refractivity contribution in [1.82, 2.24) is 5.01 Å². The Morgan fingerprint density at radius 3 is 2.74 bits per heavy atom. The molecule has 3 heterocycles. The summed E-state index contributed by atoms with van der Waals surface area (Å²) in [5.41, 5.74) is 3.08. The number of benzene rings is 2. The molecule has 2 aliphatic rings. The Balaban J connectivity index is 1.59. The summed E-state index contributed by atoms with van der Waals surface area (Å²) in [6.07, 6.45) is 2.14. The summed E-state index contributed by atoms with van der Waals surface area (Å²) in [4.78, 5) is 0. The summed E-state index contributed by atoms with van der Waals surface area (Å²) < 4.78 is 18.2. The van der Waals surface area contributed by atoms with Gasteiger partial charge in [-0.3, -0.25) is 0 Å². The van der Waals surface area contributed by atoms with E-state index in [0.717, 1.165) is 45.0 Å². The Morgan fingerprint density at radius 2 is 2.00 bits per heavy atom. The van der Waals surface area contributed by atoms with Crippen LogP contribution in [0.4, 0.5) is 0 Å².